The molecule has 0 bridgehead atoms. The first kappa shape index (κ1) is 23.8. The average Bonchev–Trinajstić information content (AvgIpc) is 3.58. The number of alkyl halides is 3. The molecule has 1 aromatic heterocycles. The fraction of sp³-hybridized carbons (Fsp3) is 0.522. The number of aromatic hydroxyl groups is 1. The first-order valence-electron chi connectivity index (χ1n) is 10.9. The maximum atomic E-state index is 13.3. The zero-order chi connectivity index (χ0) is 23.5. The average molecular weight is 451 g/mol. The van der Waals surface area contributed by atoms with Gasteiger partial charge in [-0.3, -0.25) is 14.3 Å². The number of hydrogen-bond acceptors (Lipinski definition) is 4. The molecule has 1 aliphatic carbocycles. The van der Waals surface area contributed by atoms with Gasteiger partial charge < -0.3 is 10.4 Å². The van der Waals surface area contributed by atoms with Crippen molar-refractivity contribution in [3.8, 4) is 5.75 Å². The zero-order valence-electron chi connectivity index (χ0n) is 18.2. The number of rotatable bonds is 9. The van der Waals surface area contributed by atoms with Gasteiger partial charge in [-0.15, -0.1) is 0 Å². The Kier molecular flexibility index (Phi) is 6.95. The van der Waals surface area contributed by atoms with Gasteiger partial charge in [0, 0.05) is 12.0 Å². The Hall–Kier alpha value is -2.84. The Labute approximate surface area is 184 Å². The Balaban J connectivity index is 1.98. The lowest BCUT2D eigenvalue weighted by Gasteiger charge is -2.34. The second kappa shape index (κ2) is 9.34. The standard InChI is InChI=1S/C23H28F3N3O3/c1-3-10-22(4-2,16-6-5-7-17(11-16)23(24,25)26)14-29-13-18(30)20(31)19(28-29)21(32)27-12-15-8-9-15/h5-7,11,13,15,30H,3-4,8-10,12,14H2,1-2H3,(H,27,32). The SMILES string of the molecule is CCCC(CC)(Cn1cc(O)c(=O)c(C(=O)NCC2CC2)n1)c1cccc(C(F)(F)F)c1. The molecule has 0 aliphatic heterocycles. The Morgan fingerprint density at radius 3 is 2.53 bits per heavy atom. The van der Waals surface area contributed by atoms with Gasteiger partial charge in [-0.05, 0) is 43.2 Å². The summed E-state index contributed by atoms with van der Waals surface area (Å²) in [6, 6.07) is 5.21. The molecule has 1 saturated carbocycles. The third-order valence-corrected chi connectivity index (χ3v) is 6.08. The first-order valence-corrected chi connectivity index (χ1v) is 10.9. The van der Waals surface area contributed by atoms with Crippen molar-refractivity contribution < 1.29 is 23.1 Å². The second-order valence-electron chi connectivity index (χ2n) is 8.51. The van der Waals surface area contributed by atoms with E-state index in [4.69, 9.17) is 0 Å². The molecule has 1 unspecified atom stereocenters. The van der Waals surface area contributed by atoms with E-state index in [0.717, 1.165) is 31.2 Å². The molecule has 0 radical (unpaired) electrons. The summed E-state index contributed by atoms with van der Waals surface area (Å²) < 4.78 is 41.2. The fourth-order valence-corrected chi connectivity index (χ4v) is 4.02. The molecule has 3 rings (SSSR count). The normalized spacial score (nSPS) is 15.9. The third-order valence-electron chi connectivity index (χ3n) is 6.08. The topological polar surface area (TPSA) is 84.2 Å². The highest BCUT2D eigenvalue weighted by molar-refractivity contribution is 5.92. The van der Waals surface area contributed by atoms with Crippen LogP contribution in [0.3, 0.4) is 0 Å². The highest BCUT2D eigenvalue weighted by Gasteiger charge is 2.35. The molecule has 2 aromatic rings. The predicted molar refractivity (Wildman–Crippen MR) is 114 cm³/mol. The van der Waals surface area contributed by atoms with Crippen molar-refractivity contribution >= 4 is 5.91 Å². The molecule has 174 valence electrons. The quantitative estimate of drug-likeness (QED) is 0.597. The summed E-state index contributed by atoms with van der Waals surface area (Å²) in [5.41, 5.74) is -2.26. The molecule has 1 atom stereocenters. The van der Waals surface area contributed by atoms with Crippen molar-refractivity contribution in [2.75, 3.05) is 6.54 Å². The van der Waals surface area contributed by atoms with Gasteiger partial charge in [-0.25, -0.2) is 0 Å². The number of aromatic nitrogens is 2. The van der Waals surface area contributed by atoms with Gasteiger partial charge in [0.15, 0.2) is 11.4 Å². The van der Waals surface area contributed by atoms with Crippen LogP contribution in [0.15, 0.2) is 35.3 Å². The number of carbonyl (C=O) groups excluding carboxylic acids is 1. The second-order valence-corrected chi connectivity index (χ2v) is 8.51. The first-order chi connectivity index (χ1) is 15.1. The number of halogens is 3. The van der Waals surface area contributed by atoms with Crippen molar-refractivity contribution in [2.45, 2.75) is 64.1 Å². The van der Waals surface area contributed by atoms with E-state index < -0.39 is 39.9 Å². The summed E-state index contributed by atoms with van der Waals surface area (Å²) in [4.78, 5) is 24.8. The summed E-state index contributed by atoms with van der Waals surface area (Å²) in [6.45, 7) is 4.36. The summed E-state index contributed by atoms with van der Waals surface area (Å²) in [7, 11) is 0. The predicted octanol–water partition coefficient (Wildman–Crippen LogP) is 4.26. The number of benzene rings is 1. The van der Waals surface area contributed by atoms with Crippen LogP contribution < -0.4 is 10.7 Å². The Morgan fingerprint density at radius 1 is 1.25 bits per heavy atom. The van der Waals surface area contributed by atoms with Crippen LogP contribution in [0.25, 0.3) is 0 Å². The molecule has 32 heavy (non-hydrogen) atoms. The van der Waals surface area contributed by atoms with Gasteiger partial charge in [0.1, 0.15) is 0 Å². The van der Waals surface area contributed by atoms with E-state index >= 15 is 0 Å². The van der Waals surface area contributed by atoms with Crippen LogP contribution in [0.2, 0.25) is 0 Å². The van der Waals surface area contributed by atoms with Crippen LogP contribution >= 0.6 is 0 Å². The number of carbonyl (C=O) groups is 1. The van der Waals surface area contributed by atoms with Crippen LogP contribution in [0.4, 0.5) is 13.2 Å². The van der Waals surface area contributed by atoms with Crippen LogP contribution in [0.5, 0.6) is 5.75 Å². The molecule has 1 heterocycles. The fourth-order valence-electron chi connectivity index (χ4n) is 4.02. The lowest BCUT2D eigenvalue weighted by Crippen LogP contribution is -2.36. The van der Waals surface area contributed by atoms with Crippen LogP contribution in [-0.4, -0.2) is 27.3 Å². The lowest BCUT2D eigenvalue weighted by atomic mass is 9.74. The van der Waals surface area contributed by atoms with Gasteiger partial charge in [-0.1, -0.05) is 38.5 Å². The van der Waals surface area contributed by atoms with E-state index in [1.165, 1.54) is 10.7 Å². The van der Waals surface area contributed by atoms with Crippen molar-refractivity contribution in [1.29, 1.82) is 0 Å². The van der Waals surface area contributed by atoms with Gasteiger partial charge in [0.25, 0.3) is 11.3 Å². The number of amides is 1. The number of nitrogens with zero attached hydrogens (tertiary/aromatic N) is 2. The van der Waals surface area contributed by atoms with E-state index in [0.29, 0.717) is 37.3 Å². The van der Waals surface area contributed by atoms with Crippen molar-refractivity contribution in [2.24, 2.45) is 5.92 Å². The minimum absolute atomic E-state index is 0.107. The lowest BCUT2D eigenvalue weighted by molar-refractivity contribution is -0.137. The van der Waals surface area contributed by atoms with Gasteiger partial charge >= 0.3 is 6.18 Å². The smallest absolute Gasteiger partial charge is 0.416 e. The van der Waals surface area contributed by atoms with Gasteiger partial charge in [-0.2, -0.15) is 18.3 Å². The molecule has 1 amide bonds. The van der Waals surface area contributed by atoms with Gasteiger partial charge in [0.05, 0.1) is 18.3 Å². The maximum absolute atomic E-state index is 13.3. The molecule has 2 N–H and O–H groups in total. The molecule has 1 aromatic carbocycles. The molecule has 0 saturated heterocycles. The highest BCUT2D eigenvalue weighted by Crippen LogP contribution is 2.38. The Morgan fingerprint density at radius 2 is 1.94 bits per heavy atom. The van der Waals surface area contributed by atoms with E-state index in [1.54, 1.807) is 6.07 Å². The molecule has 6 nitrogen and oxygen atoms in total. The Bertz CT molecular complexity index is 1030. The van der Waals surface area contributed by atoms with Crippen molar-refractivity contribution in [3.63, 3.8) is 0 Å². The number of hydrogen-bond donors (Lipinski definition) is 2. The summed E-state index contributed by atoms with van der Waals surface area (Å²) >= 11 is 0. The zero-order valence-corrected chi connectivity index (χ0v) is 18.2. The minimum Gasteiger partial charge on any atom is -0.503 e. The molecule has 1 aliphatic rings. The van der Waals surface area contributed by atoms with E-state index in [-0.39, 0.29) is 6.54 Å². The minimum atomic E-state index is -4.47. The van der Waals surface area contributed by atoms with E-state index in [2.05, 4.69) is 10.4 Å². The maximum Gasteiger partial charge on any atom is 0.416 e. The van der Waals surface area contributed by atoms with Gasteiger partial charge in [0.2, 0.25) is 0 Å². The van der Waals surface area contributed by atoms with Crippen LogP contribution in [-0.2, 0) is 18.1 Å². The van der Waals surface area contributed by atoms with Crippen molar-refractivity contribution in [3.05, 3.63) is 57.5 Å². The monoisotopic (exact) mass is 451 g/mol. The highest BCUT2D eigenvalue weighted by atomic mass is 19.4. The summed E-state index contributed by atoms with van der Waals surface area (Å²) in [5.74, 6) is -0.887. The van der Waals surface area contributed by atoms with Crippen LogP contribution in [0.1, 0.15) is 67.6 Å². The van der Waals surface area contributed by atoms with E-state index in [1.807, 2.05) is 13.8 Å². The molecule has 0 spiro atoms. The van der Waals surface area contributed by atoms with Crippen molar-refractivity contribution in [1.82, 2.24) is 15.1 Å². The third kappa shape index (κ3) is 5.31. The molecule has 9 heteroatoms. The molecular formula is C23H28F3N3O3. The molecular weight excluding hydrogens is 423 g/mol. The summed E-state index contributed by atoms with van der Waals surface area (Å²) in [5, 5.41) is 17.0. The largest absolute Gasteiger partial charge is 0.503 e. The number of nitrogens with one attached hydrogen (secondary N) is 1. The summed E-state index contributed by atoms with van der Waals surface area (Å²) in [6.07, 6.45) is 0.458. The molecule has 1 fully saturated rings. The van der Waals surface area contributed by atoms with E-state index in [9.17, 15) is 27.9 Å². The van der Waals surface area contributed by atoms with Crippen LogP contribution in [0, 0.1) is 5.92 Å².